The highest BCUT2D eigenvalue weighted by atomic mass is 14.9. The van der Waals surface area contributed by atoms with Crippen LogP contribution < -0.4 is 5.32 Å². The van der Waals surface area contributed by atoms with Crippen molar-refractivity contribution in [2.24, 2.45) is 5.92 Å². The van der Waals surface area contributed by atoms with E-state index in [4.69, 9.17) is 0 Å². The number of aryl methyl sites for hydroxylation is 1. The van der Waals surface area contributed by atoms with E-state index in [0.29, 0.717) is 6.04 Å². The molecule has 1 aromatic rings. The molecule has 1 fully saturated rings. The van der Waals surface area contributed by atoms with Crippen LogP contribution in [0.1, 0.15) is 57.1 Å². The fourth-order valence-electron chi connectivity index (χ4n) is 2.95. The summed E-state index contributed by atoms with van der Waals surface area (Å²) in [7, 11) is 0. The Hall–Kier alpha value is -1.08. The molecule has 2 atom stereocenters. The van der Waals surface area contributed by atoms with Crippen molar-refractivity contribution in [2.45, 2.75) is 58.4 Å². The van der Waals surface area contributed by atoms with Crippen LogP contribution in [0, 0.1) is 5.92 Å². The Morgan fingerprint density at radius 1 is 1.20 bits per heavy atom. The molecule has 2 rings (SSSR count). The van der Waals surface area contributed by atoms with E-state index < -0.39 is 0 Å². The van der Waals surface area contributed by atoms with Gasteiger partial charge in [-0.05, 0) is 49.3 Å². The lowest BCUT2D eigenvalue weighted by Crippen LogP contribution is -2.36. The van der Waals surface area contributed by atoms with Crippen LogP contribution in [0.2, 0.25) is 0 Å². The monoisotopic (exact) mass is 271 g/mol. The van der Waals surface area contributed by atoms with Gasteiger partial charge in [-0.15, -0.1) is 0 Å². The van der Waals surface area contributed by atoms with Crippen molar-refractivity contribution in [3.05, 3.63) is 41.5 Å². The largest absolute Gasteiger partial charge is 0.310 e. The van der Waals surface area contributed by atoms with Crippen LogP contribution in [0.15, 0.2) is 30.3 Å². The molecule has 1 heterocycles. The van der Waals surface area contributed by atoms with E-state index in [1.54, 1.807) is 0 Å². The molecule has 0 aromatic heterocycles. The molecular formula is C19H29N. The van der Waals surface area contributed by atoms with Crippen LogP contribution >= 0.6 is 0 Å². The van der Waals surface area contributed by atoms with Gasteiger partial charge < -0.3 is 5.32 Å². The van der Waals surface area contributed by atoms with E-state index >= 15 is 0 Å². The maximum Gasteiger partial charge on any atom is 0.0255 e. The average Bonchev–Trinajstić information content (AvgIpc) is 2.52. The molecule has 20 heavy (non-hydrogen) atoms. The van der Waals surface area contributed by atoms with E-state index in [-0.39, 0.29) is 0 Å². The summed E-state index contributed by atoms with van der Waals surface area (Å²) in [4.78, 5) is 0. The second-order valence-electron chi connectivity index (χ2n) is 6.06. The van der Waals surface area contributed by atoms with Crippen LogP contribution in [-0.2, 0) is 6.42 Å². The van der Waals surface area contributed by atoms with Crippen LogP contribution in [0.5, 0.6) is 0 Å². The predicted molar refractivity (Wildman–Crippen MR) is 88.9 cm³/mol. The zero-order valence-corrected chi connectivity index (χ0v) is 13.1. The predicted octanol–water partition coefficient (Wildman–Crippen LogP) is 4.82. The first-order valence-electron chi connectivity index (χ1n) is 8.32. The fourth-order valence-corrected chi connectivity index (χ4v) is 2.95. The molecular weight excluding hydrogens is 242 g/mol. The van der Waals surface area contributed by atoms with E-state index in [0.717, 1.165) is 5.92 Å². The van der Waals surface area contributed by atoms with Gasteiger partial charge in [-0.1, -0.05) is 63.1 Å². The third kappa shape index (κ3) is 4.79. The Kier molecular flexibility index (Phi) is 6.32. The average molecular weight is 271 g/mol. The zero-order chi connectivity index (χ0) is 14.2. The van der Waals surface area contributed by atoms with Gasteiger partial charge in [0.05, 0.1) is 0 Å². The molecule has 1 aliphatic heterocycles. The molecule has 1 saturated heterocycles. The number of rotatable bonds is 6. The summed E-state index contributed by atoms with van der Waals surface area (Å²) in [6, 6.07) is 9.62. The number of hydrogen-bond acceptors (Lipinski definition) is 1. The first-order valence-corrected chi connectivity index (χ1v) is 8.32. The number of unbranched alkanes of at least 4 members (excludes halogenated alkanes) is 1. The van der Waals surface area contributed by atoms with Crippen molar-refractivity contribution >= 4 is 6.08 Å². The molecule has 110 valence electrons. The SMILES string of the molecule is CCCCc1ccc(/C=C/C2CC(CC)CCN2)cc1. The van der Waals surface area contributed by atoms with E-state index in [2.05, 4.69) is 55.6 Å². The third-order valence-electron chi connectivity index (χ3n) is 4.44. The highest BCUT2D eigenvalue weighted by molar-refractivity contribution is 5.50. The van der Waals surface area contributed by atoms with Crippen LogP contribution in [0.3, 0.4) is 0 Å². The Morgan fingerprint density at radius 3 is 2.70 bits per heavy atom. The molecule has 1 nitrogen and oxygen atoms in total. The van der Waals surface area contributed by atoms with Gasteiger partial charge in [0.1, 0.15) is 0 Å². The lowest BCUT2D eigenvalue weighted by Gasteiger charge is -2.27. The molecule has 1 aromatic carbocycles. The van der Waals surface area contributed by atoms with Gasteiger partial charge in [0.2, 0.25) is 0 Å². The molecule has 1 heteroatoms. The van der Waals surface area contributed by atoms with Crippen molar-refractivity contribution in [2.75, 3.05) is 6.54 Å². The minimum atomic E-state index is 0.563. The summed E-state index contributed by atoms with van der Waals surface area (Å²) in [6.07, 6.45) is 12.4. The van der Waals surface area contributed by atoms with Crippen molar-refractivity contribution in [1.82, 2.24) is 5.32 Å². The van der Waals surface area contributed by atoms with E-state index in [1.165, 1.54) is 56.2 Å². The molecule has 0 saturated carbocycles. The molecule has 0 bridgehead atoms. The molecule has 0 aliphatic carbocycles. The van der Waals surface area contributed by atoms with Crippen LogP contribution in [0.4, 0.5) is 0 Å². The summed E-state index contributed by atoms with van der Waals surface area (Å²) < 4.78 is 0. The third-order valence-corrected chi connectivity index (χ3v) is 4.44. The van der Waals surface area contributed by atoms with Gasteiger partial charge in [-0.2, -0.15) is 0 Å². The van der Waals surface area contributed by atoms with Crippen molar-refractivity contribution in [3.63, 3.8) is 0 Å². The van der Waals surface area contributed by atoms with E-state index in [9.17, 15) is 0 Å². The topological polar surface area (TPSA) is 12.0 Å². The number of nitrogens with one attached hydrogen (secondary N) is 1. The summed E-state index contributed by atoms with van der Waals surface area (Å²) in [5.41, 5.74) is 2.79. The van der Waals surface area contributed by atoms with Gasteiger partial charge in [-0.25, -0.2) is 0 Å². The van der Waals surface area contributed by atoms with Crippen molar-refractivity contribution in [1.29, 1.82) is 0 Å². The maximum absolute atomic E-state index is 3.61. The van der Waals surface area contributed by atoms with Gasteiger partial charge >= 0.3 is 0 Å². The summed E-state index contributed by atoms with van der Waals surface area (Å²) in [5.74, 6) is 0.905. The lowest BCUT2D eigenvalue weighted by atomic mass is 9.90. The molecule has 1 aliphatic rings. The van der Waals surface area contributed by atoms with Gasteiger partial charge in [0.15, 0.2) is 0 Å². The Bertz CT molecular complexity index is 404. The van der Waals surface area contributed by atoms with Gasteiger partial charge in [-0.3, -0.25) is 0 Å². The maximum atomic E-state index is 3.61. The second kappa shape index (κ2) is 8.26. The first kappa shape index (κ1) is 15.3. The highest BCUT2D eigenvalue weighted by Crippen LogP contribution is 2.20. The molecule has 0 amide bonds. The van der Waals surface area contributed by atoms with Gasteiger partial charge in [0.25, 0.3) is 0 Å². The summed E-state index contributed by atoms with van der Waals surface area (Å²) in [6.45, 7) is 5.73. The Labute approximate surface area is 124 Å². The molecule has 0 radical (unpaired) electrons. The van der Waals surface area contributed by atoms with E-state index in [1.807, 2.05) is 0 Å². The number of piperidine rings is 1. The molecule has 0 spiro atoms. The van der Waals surface area contributed by atoms with Crippen LogP contribution in [0.25, 0.3) is 6.08 Å². The van der Waals surface area contributed by atoms with Crippen LogP contribution in [-0.4, -0.2) is 12.6 Å². The van der Waals surface area contributed by atoms with Crippen molar-refractivity contribution < 1.29 is 0 Å². The fraction of sp³-hybridized carbons (Fsp3) is 0.579. The standard InChI is InChI=1S/C19H29N/c1-3-5-6-17-7-9-18(10-8-17)11-12-19-15-16(4-2)13-14-20-19/h7-12,16,19-20H,3-6,13-15H2,1-2H3/b12-11+. The number of benzene rings is 1. The molecule has 1 N–H and O–H groups in total. The zero-order valence-electron chi connectivity index (χ0n) is 13.1. The van der Waals surface area contributed by atoms with Gasteiger partial charge in [0, 0.05) is 6.04 Å². The number of hydrogen-bond donors (Lipinski definition) is 1. The normalized spacial score (nSPS) is 23.3. The highest BCUT2D eigenvalue weighted by Gasteiger charge is 2.17. The van der Waals surface area contributed by atoms with Crippen molar-refractivity contribution in [3.8, 4) is 0 Å². The molecule has 2 unspecified atom stereocenters. The minimum Gasteiger partial charge on any atom is -0.310 e. The Balaban J connectivity index is 1.87. The first-order chi connectivity index (χ1) is 9.81. The summed E-state index contributed by atoms with van der Waals surface area (Å²) >= 11 is 0. The summed E-state index contributed by atoms with van der Waals surface area (Å²) in [5, 5.41) is 3.61. The second-order valence-corrected chi connectivity index (χ2v) is 6.06. The minimum absolute atomic E-state index is 0.563. The lowest BCUT2D eigenvalue weighted by molar-refractivity contribution is 0.326. The quantitative estimate of drug-likeness (QED) is 0.782. The smallest absolute Gasteiger partial charge is 0.0255 e. The Morgan fingerprint density at radius 2 is 2.00 bits per heavy atom.